The number of nitrogens with one attached hydrogen (secondary N) is 1. The Morgan fingerprint density at radius 1 is 0.882 bits per heavy atom. The van der Waals surface area contributed by atoms with Gasteiger partial charge in [-0.25, -0.2) is 0 Å². The summed E-state index contributed by atoms with van der Waals surface area (Å²) in [7, 11) is 2.36. The van der Waals surface area contributed by atoms with Crippen LogP contribution in [0.2, 0.25) is 0 Å². The highest BCUT2D eigenvalue weighted by atomic mass is 15.2. The van der Waals surface area contributed by atoms with E-state index in [0.29, 0.717) is 0 Å². The van der Waals surface area contributed by atoms with Gasteiger partial charge in [-0.3, -0.25) is 4.90 Å². The maximum Gasteiger partial charge on any atom is 0.0126 e. The quantitative estimate of drug-likeness (QED) is 0.741. The van der Waals surface area contributed by atoms with Crippen molar-refractivity contribution in [3.63, 3.8) is 0 Å². The van der Waals surface area contributed by atoms with Crippen LogP contribution in [0.4, 0.5) is 0 Å². The van der Waals surface area contributed by atoms with Crippen molar-refractivity contribution in [2.24, 2.45) is 0 Å². The van der Waals surface area contributed by atoms with Gasteiger partial charge < -0.3 is 10.2 Å². The first kappa shape index (κ1) is 11.9. The minimum atomic E-state index is 0.876. The van der Waals surface area contributed by atoms with Crippen LogP contribution in [0.3, 0.4) is 0 Å². The normalized spacial score (nSPS) is 41.1. The van der Waals surface area contributed by atoms with E-state index in [4.69, 9.17) is 0 Å². The first-order valence-electron chi connectivity index (χ1n) is 7.51. The van der Waals surface area contributed by atoms with E-state index in [1.165, 1.54) is 64.7 Å². The minimum Gasteiger partial charge on any atom is -0.315 e. The number of fused-ring (bicyclic) bond motifs is 2. The molecule has 2 atom stereocenters. The molecule has 0 saturated carbocycles. The first-order valence-corrected chi connectivity index (χ1v) is 7.51. The largest absolute Gasteiger partial charge is 0.315 e. The van der Waals surface area contributed by atoms with Crippen LogP contribution in [0.5, 0.6) is 0 Å². The molecule has 98 valence electrons. The molecule has 3 aliphatic heterocycles. The van der Waals surface area contributed by atoms with Gasteiger partial charge in [0.1, 0.15) is 0 Å². The van der Waals surface area contributed by atoms with Crippen molar-refractivity contribution in [3.8, 4) is 0 Å². The van der Waals surface area contributed by atoms with Crippen LogP contribution in [0.15, 0.2) is 0 Å². The molecule has 3 nitrogen and oxygen atoms in total. The Morgan fingerprint density at radius 2 is 1.65 bits per heavy atom. The molecule has 17 heavy (non-hydrogen) atoms. The molecular weight excluding hydrogens is 210 g/mol. The van der Waals surface area contributed by atoms with Crippen molar-refractivity contribution in [2.45, 2.75) is 56.7 Å². The molecule has 1 N–H and O–H groups in total. The summed E-state index contributed by atoms with van der Waals surface area (Å²) < 4.78 is 0. The molecule has 0 aromatic heterocycles. The molecule has 2 unspecified atom stereocenters. The zero-order valence-corrected chi connectivity index (χ0v) is 11.2. The van der Waals surface area contributed by atoms with Gasteiger partial charge in [0, 0.05) is 31.2 Å². The molecule has 3 aliphatic rings. The molecular formula is C14H27N3. The van der Waals surface area contributed by atoms with E-state index in [1.807, 2.05) is 0 Å². The second-order valence-corrected chi connectivity index (χ2v) is 6.17. The summed E-state index contributed by atoms with van der Waals surface area (Å²) in [6.45, 7) is 5.01. The highest BCUT2D eigenvalue weighted by Crippen LogP contribution is 2.34. The summed E-state index contributed by atoms with van der Waals surface area (Å²) in [5, 5.41) is 3.52. The second kappa shape index (κ2) is 5.25. The number of nitrogens with zero attached hydrogens (tertiary/aromatic N) is 2. The van der Waals surface area contributed by atoms with Crippen LogP contribution < -0.4 is 5.32 Å². The Bertz CT molecular complexity index is 234. The van der Waals surface area contributed by atoms with Gasteiger partial charge in [0.25, 0.3) is 0 Å². The third-order valence-electron chi connectivity index (χ3n) is 5.21. The molecule has 0 spiro atoms. The van der Waals surface area contributed by atoms with E-state index in [2.05, 4.69) is 22.2 Å². The summed E-state index contributed by atoms with van der Waals surface area (Å²) >= 11 is 0. The second-order valence-electron chi connectivity index (χ2n) is 6.17. The van der Waals surface area contributed by atoms with Gasteiger partial charge in [0.15, 0.2) is 0 Å². The van der Waals surface area contributed by atoms with Crippen molar-refractivity contribution in [1.29, 1.82) is 0 Å². The van der Waals surface area contributed by atoms with Gasteiger partial charge >= 0.3 is 0 Å². The van der Waals surface area contributed by atoms with E-state index in [0.717, 1.165) is 18.1 Å². The Hall–Kier alpha value is -0.120. The Labute approximate surface area is 106 Å². The molecule has 3 fully saturated rings. The number of piperidine rings is 2. The first-order chi connectivity index (χ1) is 8.34. The highest BCUT2D eigenvalue weighted by Gasteiger charge is 2.37. The predicted molar refractivity (Wildman–Crippen MR) is 71.3 cm³/mol. The summed E-state index contributed by atoms with van der Waals surface area (Å²) in [5.41, 5.74) is 0. The molecule has 0 aromatic rings. The van der Waals surface area contributed by atoms with Crippen molar-refractivity contribution in [2.75, 3.05) is 33.2 Å². The topological polar surface area (TPSA) is 18.5 Å². The van der Waals surface area contributed by atoms with Gasteiger partial charge in [0.2, 0.25) is 0 Å². The van der Waals surface area contributed by atoms with Crippen LogP contribution in [-0.2, 0) is 0 Å². The molecule has 0 aromatic carbocycles. The molecule has 0 amide bonds. The van der Waals surface area contributed by atoms with E-state index in [9.17, 15) is 0 Å². The van der Waals surface area contributed by atoms with Crippen LogP contribution >= 0.6 is 0 Å². The lowest BCUT2D eigenvalue weighted by Gasteiger charge is -2.49. The third kappa shape index (κ3) is 2.51. The summed E-state index contributed by atoms with van der Waals surface area (Å²) in [4.78, 5) is 5.45. The zero-order valence-electron chi connectivity index (χ0n) is 11.2. The minimum absolute atomic E-state index is 0.876. The smallest absolute Gasteiger partial charge is 0.0126 e. The fourth-order valence-electron chi connectivity index (χ4n) is 4.12. The lowest BCUT2D eigenvalue weighted by Crippen LogP contribution is -2.55. The average molecular weight is 237 g/mol. The summed E-state index contributed by atoms with van der Waals surface area (Å²) in [6.07, 6.45) is 8.53. The molecule has 3 rings (SSSR count). The van der Waals surface area contributed by atoms with Crippen LogP contribution in [0.1, 0.15) is 38.5 Å². The summed E-state index contributed by atoms with van der Waals surface area (Å²) in [5.74, 6) is 0. The summed E-state index contributed by atoms with van der Waals surface area (Å²) in [6, 6.07) is 2.63. The molecule has 3 heteroatoms. The molecule has 3 saturated heterocycles. The standard InChI is InChI=1S/C14H27N3/c1-16-12-4-2-5-13(16)11-14(10-12)17-8-3-6-15-7-9-17/h12-15H,2-11H2,1H3. The van der Waals surface area contributed by atoms with Crippen molar-refractivity contribution in [1.82, 2.24) is 15.1 Å². The van der Waals surface area contributed by atoms with E-state index in [1.54, 1.807) is 0 Å². The predicted octanol–water partition coefficient (Wildman–Crippen LogP) is 1.30. The van der Waals surface area contributed by atoms with Gasteiger partial charge in [-0.05, 0) is 52.2 Å². The Kier molecular flexibility index (Phi) is 3.69. The van der Waals surface area contributed by atoms with E-state index >= 15 is 0 Å². The van der Waals surface area contributed by atoms with Crippen LogP contribution in [0.25, 0.3) is 0 Å². The zero-order chi connectivity index (χ0) is 11.7. The number of rotatable bonds is 1. The van der Waals surface area contributed by atoms with Crippen molar-refractivity contribution < 1.29 is 0 Å². The fraction of sp³-hybridized carbons (Fsp3) is 1.00. The van der Waals surface area contributed by atoms with Crippen molar-refractivity contribution >= 4 is 0 Å². The molecule has 2 bridgehead atoms. The Morgan fingerprint density at radius 3 is 2.41 bits per heavy atom. The SMILES string of the molecule is CN1C2CCCC1CC(N1CCCNCC1)C2. The molecule has 0 radical (unpaired) electrons. The van der Waals surface area contributed by atoms with Gasteiger partial charge in [-0.15, -0.1) is 0 Å². The lowest BCUT2D eigenvalue weighted by atomic mass is 9.81. The monoisotopic (exact) mass is 237 g/mol. The van der Waals surface area contributed by atoms with Crippen LogP contribution in [0, 0.1) is 0 Å². The number of hydrogen-bond acceptors (Lipinski definition) is 3. The van der Waals surface area contributed by atoms with Gasteiger partial charge in [0.05, 0.1) is 0 Å². The maximum absolute atomic E-state index is 3.52. The lowest BCUT2D eigenvalue weighted by molar-refractivity contribution is 0.0108. The van der Waals surface area contributed by atoms with Gasteiger partial charge in [-0.1, -0.05) is 6.42 Å². The van der Waals surface area contributed by atoms with Gasteiger partial charge in [-0.2, -0.15) is 0 Å². The maximum atomic E-state index is 3.52. The van der Waals surface area contributed by atoms with Crippen molar-refractivity contribution in [3.05, 3.63) is 0 Å². The van der Waals surface area contributed by atoms with E-state index < -0.39 is 0 Å². The Balaban J connectivity index is 1.64. The number of hydrogen-bond donors (Lipinski definition) is 1. The van der Waals surface area contributed by atoms with Crippen LogP contribution in [-0.4, -0.2) is 61.2 Å². The third-order valence-corrected chi connectivity index (χ3v) is 5.21. The fourth-order valence-corrected chi connectivity index (χ4v) is 4.12. The average Bonchev–Trinajstić information content (AvgIpc) is 2.57. The highest BCUT2D eigenvalue weighted by molar-refractivity contribution is 4.94. The van der Waals surface area contributed by atoms with E-state index in [-0.39, 0.29) is 0 Å². The molecule has 3 heterocycles. The molecule has 0 aliphatic carbocycles.